The molecule has 0 saturated heterocycles. The molecule has 0 aliphatic heterocycles. The fourth-order valence-corrected chi connectivity index (χ4v) is 3.32. The molecule has 0 bridgehead atoms. The first-order valence-electron chi connectivity index (χ1n) is 12.5. The molecule has 0 aromatic heterocycles. The number of nitrogens with one attached hydrogen (secondary N) is 4. The molecule has 0 spiro atoms. The molecular weight excluding hydrogens is 510 g/mol. The Kier molecular flexibility index (Phi) is 13.3. The van der Waals surface area contributed by atoms with Gasteiger partial charge in [-0.15, -0.1) is 0 Å². The highest BCUT2D eigenvalue weighted by Crippen LogP contribution is 2.17. The van der Waals surface area contributed by atoms with E-state index in [0.29, 0.717) is 0 Å². The van der Waals surface area contributed by atoms with Gasteiger partial charge in [0, 0.05) is 17.7 Å². The van der Waals surface area contributed by atoms with Crippen molar-refractivity contribution in [3.05, 3.63) is 46.5 Å². The average molecular weight is 548 g/mol. The number of hydrogen-bond donors (Lipinski definition) is 4. The molecule has 0 heterocycles. The normalized spacial score (nSPS) is 12.2. The van der Waals surface area contributed by atoms with Gasteiger partial charge in [0.05, 0.1) is 11.5 Å². The number of carbonyl (C=O) groups excluding carboxylic acids is 5. The lowest BCUT2D eigenvalue weighted by atomic mass is 10.00. The Bertz CT molecular complexity index is 1070. The second-order valence-electron chi connectivity index (χ2n) is 9.85. The van der Waals surface area contributed by atoms with Crippen molar-refractivity contribution in [1.29, 1.82) is 0 Å². The van der Waals surface area contributed by atoms with Crippen molar-refractivity contribution in [2.45, 2.75) is 59.5 Å². The number of carbonyl (C=O) groups is 5. The summed E-state index contributed by atoms with van der Waals surface area (Å²) in [7, 11) is 0. The molecule has 2 atom stereocenters. The smallest absolute Gasteiger partial charge is 0.330 e. The van der Waals surface area contributed by atoms with Crippen LogP contribution in [0.2, 0.25) is 0 Å². The monoisotopic (exact) mass is 547 g/mol. The molecule has 4 amide bonds. The number of amides is 4. The maximum atomic E-state index is 13.1. The maximum absolute atomic E-state index is 13.1. The summed E-state index contributed by atoms with van der Waals surface area (Å²) in [5.74, 6) is -2.99. The molecule has 1 rings (SSSR count). The Morgan fingerprint density at radius 3 is 1.90 bits per heavy atom. The number of non-ortho nitro benzene ring substituents is 1. The Hall–Kier alpha value is -4.29. The van der Waals surface area contributed by atoms with Gasteiger partial charge in [0.1, 0.15) is 24.4 Å². The van der Waals surface area contributed by atoms with Gasteiger partial charge in [-0.2, -0.15) is 0 Å². The third kappa shape index (κ3) is 12.7. The third-order valence-electron chi connectivity index (χ3n) is 5.18. The lowest BCUT2D eigenvalue weighted by molar-refractivity contribution is -0.384. The van der Waals surface area contributed by atoms with Crippen molar-refractivity contribution in [3.63, 3.8) is 0 Å². The lowest BCUT2D eigenvalue weighted by Gasteiger charge is -2.25. The standard InChI is InChI=1S/C26H37N5O8/c1-15(2)11-20(25(35)28-14-23(33)39-19-9-7-18(8-10-19)31(37)38)30-26(36)21(12-16(3)4)29-22(32)13-27-24(34)17(5)6/h7-10,15-16,20-21H,5,11-14H2,1-4,6H3,(H,27,34)(H,28,35)(H,29,32)(H,30,36)/t20-,21-/m0/s1. The largest absolute Gasteiger partial charge is 0.425 e. The summed E-state index contributed by atoms with van der Waals surface area (Å²) in [5.41, 5.74) is 0.0670. The Balaban J connectivity index is 2.79. The molecule has 0 saturated carbocycles. The van der Waals surface area contributed by atoms with Gasteiger partial charge in [-0.05, 0) is 43.7 Å². The fourth-order valence-electron chi connectivity index (χ4n) is 3.32. The summed E-state index contributed by atoms with van der Waals surface area (Å²) in [4.78, 5) is 72.2. The Morgan fingerprint density at radius 2 is 1.41 bits per heavy atom. The number of nitro groups is 1. The van der Waals surface area contributed by atoms with Crippen LogP contribution in [0.1, 0.15) is 47.5 Å². The van der Waals surface area contributed by atoms with Gasteiger partial charge < -0.3 is 26.0 Å². The van der Waals surface area contributed by atoms with Crippen LogP contribution in [-0.4, -0.2) is 59.7 Å². The lowest BCUT2D eigenvalue weighted by Crippen LogP contribution is -2.55. The van der Waals surface area contributed by atoms with E-state index in [2.05, 4.69) is 27.8 Å². The highest BCUT2D eigenvalue weighted by atomic mass is 16.6. The topological polar surface area (TPSA) is 186 Å². The number of benzene rings is 1. The van der Waals surface area contributed by atoms with Gasteiger partial charge in [0.25, 0.3) is 5.69 Å². The van der Waals surface area contributed by atoms with Gasteiger partial charge in [-0.3, -0.25) is 29.3 Å². The number of hydrogen-bond acceptors (Lipinski definition) is 8. The average Bonchev–Trinajstić information content (AvgIpc) is 2.84. The highest BCUT2D eigenvalue weighted by molar-refractivity contribution is 5.96. The van der Waals surface area contributed by atoms with E-state index in [0.717, 1.165) is 0 Å². The summed E-state index contributed by atoms with van der Waals surface area (Å²) in [6.07, 6.45) is 0.537. The van der Waals surface area contributed by atoms with E-state index in [9.17, 15) is 34.1 Å². The van der Waals surface area contributed by atoms with Crippen LogP contribution in [0.4, 0.5) is 5.69 Å². The molecule has 0 fully saturated rings. The predicted molar refractivity (Wildman–Crippen MR) is 142 cm³/mol. The highest BCUT2D eigenvalue weighted by Gasteiger charge is 2.28. The minimum Gasteiger partial charge on any atom is -0.425 e. The molecule has 39 heavy (non-hydrogen) atoms. The molecule has 214 valence electrons. The SMILES string of the molecule is C=C(C)C(=O)NCC(=O)N[C@@H](CC(C)C)C(=O)N[C@@H](CC(C)C)C(=O)NCC(=O)Oc1ccc([N+](=O)[O-])cc1. The molecule has 0 unspecified atom stereocenters. The van der Waals surface area contributed by atoms with Gasteiger partial charge in [-0.25, -0.2) is 4.79 Å². The summed E-state index contributed by atoms with van der Waals surface area (Å²) in [5, 5.41) is 20.8. The van der Waals surface area contributed by atoms with E-state index < -0.39 is 53.1 Å². The summed E-state index contributed by atoms with van der Waals surface area (Å²) >= 11 is 0. The Labute approximate surface area is 227 Å². The van der Waals surface area contributed by atoms with Gasteiger partial charge in [-0.1, -0.05) is 34.3 Å². The molecule has 4 N–H and O–H groups in total. The minimum absolute atomic E-state index is 0.00334. The summed E-state index contributed by atoms with van der Waals surface area (Å²) < 4.78 is 5.08. The second-order valence-corrected chi connectivity index (χ2v) is 9.85. The van der Waals surface area contributed by atoms with E-state index in [-0.39, 0.29) is 48.2 Å². The first-order valence-corrected chi connectivity index (χ1v) is 12.5. The first kappa shape index (κ1) is 32.7. The zero-order chi connectivity index (χ0) is 29.7. The zero-order valence-corrected chi connectivity index (χ0v) is 22.9. The molecule has 0 aliphatic carbocycles. The third-order valence-corrected chi connectivity index (χ3v) is 5.18. The Morgan fingerprint density at radius 1 is 0.872 bits per heavy atom. The number of nitrogens with zero attached hydrogens (tertiary/aromatic N) is 1. The quantitative estimate of drug-likeness (QED) is 0.0833. The van der Waals surface area contributed by atoms with E-state index in [1.165, 1.54) is 31.2 Å². The minimum atomic E-state index is -1.00. The molecule has 0 aliphatic rings. The van der Waals surface area contributed by atoms with Crippen molar-refractivity contribution >= 4 is 35.3 Å². The van der Waals surface area contributed by atoms with Crippen LogP contribution in [0, 0.1) is 22.0 Å². The van der Waals surface area contributed by atoms with Crippen molar-refractivity contribution in [3.8, 4) is 5.75 Å². The van der Waals surface area contributed by atoms with Crippen molar-refractivity contribution in [2.24, 2.45) is 11.8 Å². The number of ether oxygens (including phenoxy) is 1. The predicted octanol–water partition coefficient (Wildman–Crippen LogP) is 1.37. The van der Waals surface area contributed by atoms with Gasteiger partial charge >= 0.3 is 5.97 Å². The van der Waals surface area contributed by atoms with Crippen LogP contribution in [0.5, 0.6) is 5.75 Å². The van der Waals surface area contributed by atoms with E-state index in [4.69, 9.17) is 4.74 Å². The second kappa shape index (κ2) is 15.8. The molecular formula is C26H37N5O8. The van der Waals surface area contributed by atoms with Crippen LogP contribution in [0.15, 0.2) is 36.4 Å². The first-order chi connectivity index (χ1) is 18.2. The van der Waals surface area contributed by atoms with Gasteiger partial charge in [0.15, 0.2) is 0 Å². The summed E-state index contributed by atoms with van der Waals surface area (Å²) in [6, 6.07) is 2.90. The van der Waals surface area contributed by atoms with Crippen LogP contribution in [0.25, 0.3) is 0 Å². The van der Waals surface area contributed by atoms with Crippen LogP contribution in [-0.2, 0) is 24.0 Å². The molecule has 1 aromatic carbocycles. The number of esters is 1. The molecule has 13 heteroatoms. The molecule has 1 aromatic rings. The van der Waals surface area contributed by atoms with Crippen LogP contribution >= 0.6 is 0 Å². The molecule has 13 nitrogen and oxygen atoms in total. The zero-order valence-electron chi connectivity index (χ0n) is 22.9. The van der Waals surface area contributed by atoms with E-state index >= 15 is 0 Å². The van der Waals surface area contributed by atoms with E-state index in [1.54, 1.807) is 0 Å². The van der Waals surface area contributed by atoms with Gasteiger partial charge in [0.2, 0.25) is 23.6 Å². The fraction of sp³-hybridized carbons (Fsp3) is 0.500. The number of nitro benzene ring substituents is 1. The van der Waals surface area contributed by atoms with Crippen LogP contribution in [0.3, 0.4) is 0 Å². The number of rotatable bonds is 15. The van der Waals surface area contributed by atoms with Crippen molar-refractivity contribution < 1.29 is 33.6 Å². The maximum Gasteiger partial charge on any atom is 0.330 e. The summed E-state index contributed by atoms with van der Waals surface area (Å²) in [6.45, 7) is 11.6. The van der Waals surface area contributed by atoms with Crippen LogP contribution < -0.4 is 26.0 Å². The van der Waals surface area contributed by atoms with Crippen molar-refractivity contribution in [2.75, 3.05) is 13.1 Å². The van der Waals surface area contributed by atoms with E-state index in [1.807, 2.05) is 27.7 Å². The van der Waals surface area contributed by atoms with Crippen molar-refractivity contribution in [1.82, 2.24) is 21.3 Å². The molecule has 0 radical (unpaired) electrons.